The normalized spacial score (nSPS) is 10.7. The molecule has 7 nitrogen and oxygen atoms in total. The minimum absolute atomic E-state index is 0.121. The standard InChI is InChI=1S/C16H13BrClN3O4/c1-10-2-5-15(13(17)6-10)25-9-16(22)20-19-8-11-7-12(21(23)24)3-4-14(11)18/h2-8H,9H2,1H3,(H,20,22)/b19-8+. The molecule has 0 aliphatic rings. The number of hydrogen-bond donors (Lipinski definition) is 1. The van der Waals surface area contributed by atoms with Crippen LogP contribution in [0, 0.1) is 17.0 Å². The molecule has 1 N–H and O–H groups in total. The molecule has 1 amide bonds. The van der Waals surface area contributed by atoms with E-state index in [4.69, 9.17) is 16.3 Å². The van der Waals surface area contributed by atoms with Crippen LogP contribution >= 0.6 is 27.5 Å². The van der Waals surface area contributed by atoms with E-state index >= 15 is 0 Å². The number of nitro groups is 1. The highest BCUT2D eigenvalue weighted by Crippen LogP contribution is 2.25. The van der Waals surface area contributed by atoms with Crippen molar-refractivity contribution in [3.8, 4) is 5.75 Å². The minimum atomic E-state index is -0.542. The second-order valence-corrected chi connectivity index (χ2v) is 6.24. The number of aryl methyl sites for hydroxylation is 1. The molecule has 130 valence electrons. The van der Waals surface area contributed by atoms with E-state index in [1.165, 1.54) is 24.4 Å². The van der Waals surface area contributed by atoms with E-state index in [1.807, 2.05) is 19.1 Å². The summed E-state index contributed by atoms with van der Waals surface area (Å²) < 4.78 is 6.13. The topological polar surface area (TPSA) is 93.8 Å². The lowest BCUT2D eigenvalue weighted by Crippen LogP contribution is -2.24. The maximum atomic E-state index is 11.7. The van der Waals surface area contributed by atoms with E-state index in [1.54, 1.807) is 6.07 Å². The highest BCUT2D eigenvalue weighted by molar-refractivity contribution is 9.10. The van der Waals surface area contributed by atoms with E-state index < -0.39 is 10.8 Å². The molecular formula is C16H13BrClN3O4. The third-order valence-corrected chi connectivity index (χ3v) is 3.99. The number of nitrogens with one attached hydrogen (secondary N) is 1. The van der Waals surface area contributed by atoms with Gasteiger partial charge in [-0.2, -0.15) is 5.10 Å². The minimum Gasteiger partial charge on any atom is -0.483 e. The van der Waals surface area contributed by atoms with Gasteiger partial charge < -0.3 is 4.74 Å². The number of non-ortho nitro benzene ring substituents is 1. The second kappa shape index (κ2) is 8.59. The molecule has 0 aliphatic heterocycles. The summed E-state index contributed by atoms with van der Waals surface area (Å²) in [6.07, 6.45) is 1.23. The van der Waals surface area contributed by atoms with Gasteiger partial charge in [0, 0.05) is 22.7 Å². The van der Waals surface area contributed by atoms with Crippen molar-refractivity contribution in [2.45, 2.75) is 6.92 Å². The van der Waals surface area contributed by atoms with Gasteiger partial charge in [0.2, 0.25) is 0 Å². The molecule has 2 aromatic carbocycles. The number of ether oxygens (including phenoxy) is 1. The Labute approximate surface area is 156 Å². The van der Waals surface area contributed by atoms with Crippen molar-refractivity contribution in [1.82, 2.24) is 5.43 Å². The van der Waals surface area contributed by atoms with E-state index in [0.717, 1.165) is 10.0 Å². The molecule has 0 unspecified atom stereocenters. The third kappa shape index (κ3) is 5.54. The van der Waals surface area contributed by atoms with Crippen molar-refractivity contribution in [2.75, 3.05) is 6.61 Å². The fraction of sp³-hybridized carbons (Fsp3) is 0.125. The molecule has 0 bridgehead atoms. The zero-order valence-electron chi connectivity index (χ0n) is 13.0. The van der Waals surface area contributed by atoms with Gasteiger partial charge in [0.25, 0.3) is 11.6 Å². The summed E-state index contributed by atoms with van der Waals surface area (Å²) in [4.78, 5) is 21.9. The van der Waals surface area contributed by atoms with E-state index in [2.05, 4.69) is 26.5 Å². The number of benzene rings is 2. The van der Waals surface area contributed by atoms with Gasteiger partial charge in [-0.05, 0) is 46.6 Å². The number of amides is 1. The highest BCUT2D eigenvalue weighted by atomic mass is 79.9. The summed E-state index contributed by atoms with van der Waals surface area (Å²) in [5, 5.41) is 14.8. The quantitative estimate of drug-likeness (QED) is 0.431. The first kappa shape index (κ1) is 18.9. The van der Waals surface area contributed by atoms with Crippen LogP contribution in [0.15, 0.2) is 46.0 Å². The average Bonchev–Trinajstić information content (AvgIpc) is 2.55. The highest BCUT2D eigenvalue weighted by Gasteiger charge is 2.09. The van der Waals surface area contributed by atoms with Crippen LogP contribution in [0.25, 0.3) is 0 Å². The van der Waals surface area contributed by atoms with E-state index in [9.17, 15) is 14.9 Å². The molecule has 0 spiro atoms. The molecule has 2 aromatic rings. The number of nitrogens with zero attached hydrogens (tertiary/aromatic N) is 2. The van der Waals surface area contributed by atoms with Crippen molar-refractivity contribution >= 4 is 45.3 Å². The van der Waals surface area contributed by atoms with Crippen molar-refractivity contribution in [1.29, 1.82) is 0 Å². The Kier molecular flexibility index (Phi) is 6.49. The summed E-state index contributed by atoms with van der Waals surface area (Å²) >= 11 is 9.28. The van der Waals surface area contributed by atoms with Crippen molar-refractivity contribution in [3.05, 3.63) is 67.1 Å². The van der Waals surface area contributed by atoms with Crippen LogP contribution in [0.2, 0.25) is 5.02 Å². The van der Waals surface area contributed by atoms with Gasteiger partial charge >= 0.3 is 0 Å². The molecule has 0 aliphatic carbocycles. The van der Waals surface area contributed by atoms with Crippen molar-refractivity contribution < 1.29 is 14.5 Å². The van der Waals surface area contributed by atoms with Crippen molar-refractivity contribution in [3.63, 3.8) is 0 Å². The lowest BCUT2D eigenvalue weighted by atomic mass is 10.2. The Balaban J connectivity index is 1.92. The van der Waals surface area contributed by atoms with Crippen LogP contribution in [0.4, 0.5) is 5.69 Å². The van der Waals surface area contributed by atoms with Gasteiger partial charge in [-0.1, -0.05) is 17.7 Å². The Morgan fingerprint density at radius 2 is 2.16 bits per heavy atom. The number of carbonyl (C=O) groups is 1. The van der Waals surface area contributed by atoms with Crippen LogP contribution in [0.5, 0.6) is 5.75 Å². The van der Waals surface area contributed by atoms with Gasteiger partial charge in [0.15, 0.2) is 6.61 Å². The largest absolute Gasteiger partial charge is 0.483 e. The first-order chi connectivity index (χ1) is 11.9. The lowest BCUT2D eigenvalue weighted by Gasteiger charge is -2.07. The van der Waals surface area contributed by atoms with Crippen LogP contribution in [0.1, 0.15) is 11.1 Å². The number of rotatable bonds is 6. The van der Waals surface area contributed by atoms with Crippen LogP contribution < -0.4 is 10.2 Å². The number of halogens is 2. The first-order valence-corrected chi connectivity index (χ1v) is 8.18. The van der Waals surface area contributed by atoms with Gasteiger partial charge in [-0.15, -0.1) is 0 Å². The van der Waals surface area contributed by atoms with Crippen LogP contribution in [-0.4, -0.2) is 23.7 Å². The van der Waals surface area contributed by atoms with Gasteiger partial charge in [0.1, 0.15) is 5.75 Å². The second-order valence-electron chi connectivity index (χ2n) is 4.98. The van der Waals surface area contributed by atoms with Gasteiger partial charge in [-0.25, -0.2) is 5.43 Å². The number of hydrazone groups is 1. The zero-order chi connectivity index (χ0) is 18.4. The lowest BCUT2D eigenvalue weighted by molar-refractivity contribution is -0.384. The molecule has 25 heavy (non-hydrogen) atoms. The summed E-state index contributed by atoms with van der Waals surface area (Å²) in [7, 11) is 0. The molecule has 0 saturated carbocycles. The summed E-state index contributed by atoms with van der Waals surface area (Å²) in [6, 6.07) is 9.42. The molecular weight excluding hydrogens is 414 g/mol. The monoisotopic (exact) mass is 425 g/mol. The number of hydrogen-bond acceptors (Lipinski definition) is 5. The van der Waals surface area contributed by atoms with Crippen LogP contribution in [-0.2, 0) is 4.79 Å². The number of nitro benzene ring substituents is 1. The predicted octanol–water partition coefficient (Wildman–Crippen LogP) is 3.85. The van der Waals surface area contributed by atoms with Crippen LogP contribution in [0.3, 0.4) is 0 Å². The average molecular weight is 427 g/mol. The molecule has 2 rings (SSSR count). The molecule has 0 fully saturated rings. The Morgan fingerprint density at radius 1 is 1.40 bits per heavy atom. The molecule has 0 aromatic heterocycles. The first-order valence-electron chi connectivity index (χ1n) is 7.01. The zero-order valence-corrected chi connectivity index (χ0v) is 15.4. The SMILES string of the molecule is Cc1ccc(OCC(=O)N/N=C/c2cc([N+](=O)[O-])ccc2Cl)c(Br)c1. The maximum Gasteiger partial charge on any atom is 0.277 e. The summed E-state index contributed by atoms with van der Waals surface area (Å²) in [5.74, 6) is 0.0525. The molecule has 0 saturated heterocycles. The molecule has 0 heterocycles. The van der Waals surface area contributed by atoms with Gasteiger partial charge in [-0.3, -0.25) is 14.9 Å². The van der Waals surface area contributed by atoms with Gasteiger partial charge in [0.05, 0.1) is 15.6 Å². The van der Waals surface area contributed by atoms with Crippen molar-refractivity contribution in [2.24, 2.45) is 5.10 Å². The van der Waals surface area contributed by atoms with E-state index in [-0.39, 0.29) is 17.3 Å². The van der Waals surface area contributed by atoms with E-state index in [0.29, 0.717) is 11.3 Å². The maximum absolute atomic E-state index is 11.7. The Hall–Kier alpha value is -2.45. The third-order valence-electron chi connectivity index (χ3n) is 3.03. The fourth-order valence-corrected chi connectivity index (χ4v) is 2.59. The Morgan fingerprint density at radius 3 is 2.84 bits per heavy atom. The summed E-state index contributed by atoms with van der Waals surface area (Å²) in [6.45, 7) is 1.71. The predicted molar refractivity (Wildman–Crippen MR) is 98.2 cm³/mol. The molecule has 0 radical (unpaired) electrons. The summed E-state index contributed by atoms with van der Waals surface area (Å²) in [5.41, 5.74) is 3.52. The fourth-order valence-electron chi connectivity index (χ4n) is 1.82. The number of carbonyl (C=O) groups excluding carboxylic acids is 1. The molecule has 0 atom stereocenters. The smallest absolute Gasteiger partial charge is 0.277 e. The molecule has 9 heteroatoms. The Bertz CT molecular complexity index is 842.